The largest absolute Gasteiger partial charge is 0.381 e. The molecular formula is C18H36IN3O2S. The molecule has 2 atom stereocenters. The van der Waals surface area contributed by atoms with Crippen molar-refractivity contribution in [2.45, 2.75) is 56.7 Å². The van der Waals surface area contributed by atoms with Gasteiger partial charge in [-0.05, 0) is 57.6 Å². The van der Waals surface area contributed by atoms with Gasteiger partial charge in [0.05, 0.1) is 0 Å². The topological polar surface area (TPSA) is 54.9 Å². The van der Waals surface area contributed by atoms with E-state index in [1.807, 2.05) is 11.8 Å². The lowest BCUT2D eigenvalue weighted by molar-refractivity contribution is 0.0205. The lowest BCUT2D eigenvalue weighted by atomic mass is 10.0. The number of nitrogens with zero attached hydrogens (tertiary/aromatic N) is 1. The molecule has 1 heterocycles. The maximum Gasteiger partial charge on any atom is 0.191 e. The molecule has 1 aliphatic heterocycles. The van der Waals surface area contributed by atoms with Gasteiger partial charge >= 0.3 is 0 Å². The first kappa shape index (κ1) is 23.3. The summed E-state index contributed by atoms with van der Waals surface area (Å²) in [5.41, 5.74) is 0. The first-order valence-corrected chi connectivity index (χ1v) is 10.8. The summed E-state index contributed by atoms with van der Waals surface area (Å²) in [7, 11) is 0. The van der Waals surface area contributed by atoms with Crippen molar-refractivity contribution in [1.29, 1.82) is 0 Å². The summed E-state index contributed by atoms with van der Waals surface area (Å²) in [4.78, 5) is 4.70. The summed E-state index contributed by atoms with van der Waals surface area (Å²) in [6.45, 7) is 7.32. The van der Waals surface area contributed by atoms with Crippen molar-refractivity contribution in [3.8, 4) is 0 Å². The van der Waals surface area contributed by atoms with Crippen molar-refractivity contribution in [2.24, 2.45) is 10.9 Å². The smallest absolute Gasteiger partial charge is 0.191 e. The summed E-state index contributed by atoms with van der Waals surface area (Å²) in [5, 5.41) is 7.77. The van der Waals surface area contributed by atoms with Crippen molar-refractivity contribution in [1.82, 2.24) is 10.6 Å². The molecule has 25 heavy (non-hydrogen) atoms. The zero-order valence-corrected chi connectivity index (χ0v) is 18.9. The van der Waals surface area contributed by atoms with Gasteiger partial charge in [-0.2, -0.15) is 11.8 Å². The van der Waals surface area contributed by atoms with Gasteiger partial charge in [0.1, 0.15) is 0 Å². The van der Waals surface area contributed by atoms with E-state index >= 15 is 0 Å². The van der Waals surface area contributed by atoms with Crippen LogP contribution in [-0.2, 0) is 9.47 Å². The number of ether oxygens (including phenoxy) is 2. The molecule has 0 aromatic carbocycles. The SMILES string of the molecule is CCNC(=NCCCOCC1CCOCC1)NC1CCC(SC)C1.I. The predicted molar refractivity (Wildman–Crippen MR) is 118 cm³/mol. The summed E-state index contributed by atoms with van der Waals surface area (Å²) in [6.07, 6.45) is 9.31. The molecule has 2 fully saturated rings. The van der Waals surface area contributed by atoms with Gasteiger partial charge in [0.15, 0.2) is 5.96 Å². The van der Waals surface area contributed by atoms with Crippen LogP contribution in [0.2, 0.25) is 0 Å². The molecular weight excluding hydrogens is 449 g/mol. The highest BCUT2D eigenvalue weighted by Crippen LogP contribution is 2.28. The van der Waals surface area contributed by atoms with Gasteiger partial charge in [-0.1, -0.05) is 0 Å². The van der Waals surface area contributed by atoms with E-state index in [0.717, 1.165) is 70.0 Å². The van der Waals surface area contributed by atoms with Crippen molar-refractivity contribution in [2.75, 3.05) is 45.8 Å². The van der Waals surface area contributed by atoms with Crippen LogP contribution in [0.3, 0.4) is 0 Å². The van der Waals surface area contributed by atoms with E-state index in [2.05, 4.69) is 23.8 Å². The second-order valence-corrected chi connectivity index (χ2v) is 7.89. The van der Waals surface area contributed by atoms with Crippen LogP contribution in [0.5, 0.6) is 0 Å². The highest BCUT2D eigenvalue weighted by molar-refractivity contribution is 14.0. The van der Waals surface area contributed by atoms with Gasteiger partial charge < -0.3 is 20.1 Å². The molecule has 2 unspecified atom stereocenters. The second kappa shape index (κ2) is 14.3. The molecule has 0 aromatic rings. The van der Waals surface area contributed by atoms with Crippen molar-refractivity contribution >= 4 is 41.7 Å². The van der Waals surface area contributed by atoms with E-state index in [1.165, 1.54) is 19.3 Å². The maximum atomic E-state index is 5.81. The van der Waals surface area contributed by atoms with Gasteiger partial charge in [-0.15, -0.1) is 24.0 Å². The summed E-state index contributed by atoms with van der Waals surface area (Å²) in [5.74, 6) is 1.65. The Morgan fingerprint density at radius 3 is 2.72 bits per heavy atom. The van der Waals surface area contributed by atoms with Crippen LogP contribution in [0, 0.1) is 5.92 Å². The van der Waals surface area contributed by atoms with Crippen LogP contribution in [0.15, 0.2) is 4.99 Å². The fourth-order valence-corrected chi connectivity index (χ4v) is 4.12. The van der Waals surface area contributed by atoms with Crippen LogP contribution in [0.1, 0.15) is 45.4 Å². The molecule has 0 aromatic heterocycles. The Morgan fingerprint density at radius 1 is 1.24 bits per heavy atom. The third-order valence-electron chi connectivity index (χ3n) is 4.81. The highest BCUT2D eigenvalue weighted by Gasteiger charge is 2.24. The minimum absolute atomic E-state index is 0. The first-order valence-electron chi connectivity index (χ1n) is 9.55. The molecule has 1 saturated heterocycles. The van der Waals surface area contributed by atoms with Crippen molar-refractivity contribution < 1.29 is 9.47 Å². The van der Waals surface area contributed by atoms with E-state index in [4.69, 9.17) is 14.5 Å². The average Bonchev–Trinajstić information content (AvgIpc) is 3.06. The summed E-state index contributed by atoms with van der Waals surface area (Å²) >= 11 is 1.99. The number of guanidine groups is 1. The number of halogens is 1. The number of nitrogens with one attached hydrogen (secondary N) is 2. The zero-order valence-electron chi connectivity index (χ0n) is 15.8. The van der Waals surface area contributed by atoms with E-state index in [1.54, 1.807) is 0 Å². The number of hydrogen-bond donors (Lipinski definition) is 2. The molecule has 0 spiro atoms. The average molecular weight is 485 g/mol. The molecule has 0 bridgehead atoms. The van der Waals surface area contributed by atoms with E-state index in [0.29, 0.717) is 12.0 Å². The van der Waals surface area contributed by atoms with Crippen LogP contribution >= 0.6 is 35.7 Å². The third kappa shape index (κ3) is 9.68. The lowest BCUT2D eigenvalue weighted by Crippen LogP contribution is -2.42. The highest BCUT2D eigenvalue weighted by atomic mass is 127. The Labute approximate surface area is 174 Å². The van der Waals surface area contributed by atoms with Crippen molar-refractivity contribution in [3.05, 3.63) is 0 Å². The number of aliphatic imine (C=N–C) groups is 1. The molecule has 148 valence electrons. The third-order valence-corrected chi connectivity index (χ3v) is 5.91. The molecule has 2 rings (SSSR count). The number of thioether (sulfide) groups is 1. The van der Waals surface area contributed by atoms with Crippen LogP contribution < -0.4 is 10.6 Å². The Morgan fingerprint density at radius 2 is 2.04 bits per heavy atom. The molecule has 1 aliphatic carbocycles. The van der Waals surface area contributed by atoms with Gasteiger partial charge in [-0.25, -0.2) is 0 Å². The minimum atomic E-state index is 0. The number of hydrogen-bond acceptors (Lipinski definition) is 4. The Kier molecular flexibility index (Phi) is 13.4. The summed E-state index contributed by atoms with van der Waals surface area (Å²) in [6, 6.07) is 0.574. The predicted octanol–water partition coefficient (Wildman–Crippen LogP) is 3.28. The number of rotatable bonds is 9. The van der Waals surface area contributed by atoms with Crippen LogP contribution in [0.4, 0.5) is 0 Å². The molecule has 0 amide bonds. The standard InChI is InChI=1S/C18H35N3O2S.HI/c1-3-19-18(21-16-5-6-17(13-16)24-2)20-9-4-10-23-14-15-7-11-22-12-8-15;/h15-17H,3-14H2,1-2H3,(H2,19,20,21);1H. The molecule has 2 aliphatic rings. The quantitative estimate of drug-likeness (QED) is 0.227. The molecule has 5 nitrogen and oxygen atoms in total. The fourth-order valence-electron chi connectivity index (χ4n) is 3.32. The van der Waals surface area contributed by atoms with E-state index in [-0.39, 0.29) is 24.0 Å². The lowest BCUT2D eigenvalue weighted by Gasteiger charge is -2.21. The Hall–Kier alpha value is 0.270. The van der Waals surface area contributed by atoms with Crippen molar-refractivity contribution in [3.63, 3.8) is 0 Å². The second-order valence-electron chi connectivity index (χ2n) is 6.76. The molecule has 0 radical (unpaired) electrons. The van der Waals surface area contributed by atoms with E-state index in [9.17, 15) is 0 Å². The zero-order chi connectivity index (χ0) is 17.0. The van der Waals surface area contributed by atoms with Crippen LogP contribution in [-0.4, -0.2) is 63.0 Å². The summed E-state index contributed by atoms with van der Waals surface area (Å²) < 4.78 is 11.2. The first-order chi connectivity index (χ1) is 11.8. The normalized spacial score (nSPS) is 24.8. The fraction of sp³-hybridized carbons (Fsp3) is 0.944. The van der Waals surface area contributed by atoms with Crippen LogP contribution in [0.25, 0.3) is 0 Å². The Bertz CT molecular complexity index is 368. The Balaban J connectivity index is 0.00000312. The molecule has 1 saturated carbocycles. The van der Waals surface area contributed by atoms with Gasteiger partial charge in [0.2, 0.25) is 0 Å². The molecule has 2 N–H and O–H groups in total. The minimum Gasteiger partial charge on any atom is -0.381 e. The van der Waals surface area contributed by atoms with Gasteiger partial charge in [0, 0.05) is 50.8 Å². The van der Waals surface area contributed by atoms with Gasteiger partial charge in [0.25, 0.3) is 0 Å². The van der Waals surface area contributed by atoms with Gasteiger partial charge in [-0.3, -0.25) is 4.99 Å². The molecule has 7 heteroatoms. The van der Waals surface area contributed by atoms with E-state index < -0.39 is 0 Å². The maximum absolute atomic E-state index is 5.81. The monoisotopic (exact) mass is 485 g/mol.